The fourth-order valence-corrected chi connectivity index (χ4v) is 2.13. The van der Waals surface area contributed by atoms with Gasteiger partial charge in [0.15, 0.2) is 0 Å². The van der Waals surface area contributed by atoms with Gasteiger partial charge in [-0.1, -0.05) is 26.2 Å². The second-order valence-electron chi connectivity index (χ2n) is 5.60. The molecule has 3 atom stereocenters. The van der Waals surface area contributed by atoms with Gasteiger partial charge in [-0.3, -0.25) is 4.79 Å². The molecule has 1 saturated heterocycles. The monoisotopic (exact) mass is 257 g/mol. The highest BCUT2D eigenvalue weighted by molar-refractivity contribution is 5.78. The van der Waals surface area contributed by atoms with E-state index in [1.54, 1.807) is 0 Å². The number of ether oxygens (including phenoxy) is 2. The third-order valence-corrected chi connectivity index (χ3v) is 3.76. The molecule has 0 amide bonds. The maximum atomic E-state index is 12.1. The molecule has 0 bridgehead atoms. The van der Waals surface area contributed by atoms with Gasteiger partial charge in [0.25, 0.3) is 0 Å². The Bertz CT molecular complexity index is 270. The van der Waals surface area contributed by atoms with Gasteiger partial charge < -0.3 is 15.2 Å². The molecule has 1 fully saturated rings. The summed E-state index contributed by atoms with van der Waals surface area (Å²) in [6.07, 6.45) is 5.69. The number of carbonyl (C=O) groups is 1. The average molecular weight is 257 g/mol. The highest BCUT2D eigenvalue weighted by Gasteiger charge is 2.46. The molecule has 0 saturated carbocycles. The molecule has 106 valence electrons. The summed E-state index contributed by atoms with van der Waals surface area (Å²) < 4.78 is 10.8. The second kappa shape index (κ2) is 7.10. The van der Waals surface area contributed by atoms with Crippen molar-refractivity contribution in [1.82, 2.24) is 0 Å². The van der Waals surface area contributed by atoms with E-state index < -0.39 is 5.41 Å². The number of carbonyl (C=O) groups excluding carboxylic acids is 1. The minimum atomic E-state index is -0.669. The van der Waals surface area contributed by atoms with Crippen molar-refractivity contribution in [2.75, 3.05) is 13.2 Å². The lowest BCUT2D eigenvalue weighted by Crippen LogP contribution is -2.46. The summed E-state index contributed by atoms with van der Waals surface area (Å²) in [7, 11) is 0. The predicted octanol–water partition coefficient (Wildman–Crippen LogP) is 2.25. The van der Waals surface area contributed by atoms with Gasteiger partial charge in [-0.2, -0.15) is 0 Å². The van der Waals surface area contributed by atoms with Crippen molar-refractivity contribution in [1.29, 1.82) is 0 Å². The van der Waals surface area contributed by atoms with Gasteiger partial charge in [-0.25, -0.2) is 0 Å². The Kier molecular flexibility index (Phi) is 6.09. The van der Waals surface area contributed by atoms with Crippen LogP contribution in [0.4, 0.5) is 0 Å². The molecule has 0 aliphatic carbocycles. The fraction of sp³-hybridized carbons (Fsp3) is 0.929. The lowest BCUT2D eigenvalue weighted by atomic mass is 9.86. The lowest BCUT2D eigenvalue weighted by Gasteiger charge is -2.26. The third-order valence-electron chi connectivity index (χ3n) is 3.76. The first-order chi connectivity index (χ1) is 8.50. The number of hydrogen-bond donors (Lipinski definition) is 1. The number of unbranched alkanes of at least 4 members (excludes halogenated alkanes) is 3. The molecule has 1 aliphatic rings. The van der Waals surface area contributed by atoms with Crippen LogP contribution in [0.25, 0.3) is 0 Å². The number of esters is 1. The maximum Gasteiger partial charge on any atom is 0.316 e. The van der Waals surface area contributed by atoms with Gasteiger partial charge in [0.2, 0.25) is 0 Å². The summed E-state index contributed by atoms with van der Waals surface area (Å²) in [6, 6.07) is -0.253. The Labute approximate surface area is 110 Å². The van der Waals surface area contributed by atoms with Gasteiger partial charge in [0.1, 0.15) is 5.41 Å². The standard InChI is InChI=1S/C14H27NO3/c1-4-5-6-7-8-11(2)18-13(16)14(3)10-17-9-12(14)15/h11-12H,4-10,15H2,1-3H3. The van der Waals surface area contributed by atoms with E-state index in [0.29, 0.717) is 13.2 Å². The van der Waals surface area contributed by atoms with Gasteiger partial charge in [0, 0.05) is 6.04 Å². The molecule has 1 aliphatic heterocycles. The highest BCUT2D eigenvalue weighted by Crippen LogP contribution is 2.29. The molecular formula is C14H27NO3. The smallest absolute Gasteiger partial charge is 0.316 e. The Morgan fingerprint density at radius 2 is 2.22 bits per heavy atom. The molecule has 0 aromatic rings. The van der Waals surface area contributed by atoms with E-state index in [4.69, 9.17) is 15.2 Å². The SMILES string of the molecule is CCCCCCC(C)OC(=O)C1(C)COCC1N. The van der Waals surface area contributed by atoms with Crippen molar-refractivity contribution in [3.05, 3.63) is 0 Å². The molecule has 2 N–H and O–H groups in total. The Balaban J connectivity index is 2.30. The Hall–Kier alpha value is -0.610. The minimum Gasteiger partial charge on any atom is -0.462 e. The van der Waals surface area contributed by atoms with Gasteiger partial charge in [0.05, 0.1) is 19.3 Å². The zero-order valence-corrected chi connectivity index (χ0v) is 11.9. The van der Waals surface area contributed by atoms with E-state index in [1.807, 2.05) is 13.8 Å². The van der Waals surface area contributed by atoms with Crippen LogP contribution in [0.15, 0.2) is 0 Å². The highest BCUT2D eigenvalue weighted by atomic mass is 16.6. The molecule has 0 aromatic carbocycles. The van der Waals surface area contributed by atoms with Crippen LogP contribution in [-0.4, -0.2) is 31.3 Å². The van der Waals surface area contributed by atoms with Crippen LogP contribution in [0.3, 0.4) is 0 Å². The van der Waals surface area contributed by atoms with Crippen LogP contribution in [0, 0.1) is 5.41 Å². The summed E-state index contributed by atoms with van der Waals surface area (Å²) >= 11 is 0. The van der Waals surface area contributed by atoms with E-state index in [-0.39, 0.29) is 18.1 Å². The molecule has 1 rings (SSSR count). The molecule has 1 heterocycles. The summed E-state index contributed by atoms with van der Waals surface area (Å²) in [6.45, 7) is 6.78. The topological polar surface area (TPSA) is 61.5 Å². The van der Waals surface area contributed by atoms with E-state index in [2.05, 4.69) is 6.92 Å². The minimum absolute atomic E-state index is 0.0287. The second-order valence-corrected chi connectivity index (χ2v) is 5.60. The van der Waals surface area contributed by atoms with E-state index in [9.17, 15) is 4.79 Å². The first kappa shape index (κ1) is 15.4. The van der Waals surface area contributed by atoms with E-state index in [0.717, 1.165) is 12.8 Å². The maximum absolute atomic E-state index is 12.1. The van der Waals surface area contributed by atoms with Crippen molar-refractivity contribution in [3.63, 3.8) is 0 Å². The molecular weight excluding hydrogens is 230 g/mol. The molecule has 0 aromatic heterocycles. The van der Waals surface area contributed by atoms with Crippen molar-refractivity contribution in [2.45, 2.75) is 65.0 Å². The summed E-state index contributed by atoms with van der Waals surface area (Å²) in [5, 5.41) is 0. The first-order valence-electron chi connectivity index (χ1n) is 7.05. The van der Waals surface area contributed by atoms with Gasteiger partial charge in [-0.15, -0.1) is 0 Å². The molecule has 4 nitrogen and oxygen atoms in total. The normalized spacial score (nSPS) is 29.2. The zero-order chi connectivity index (χ0) is 13.6. The van der Waals surface area contributed by atoms with Crippen LogP contribution in [0.1, 0.15) is 52.9 Å². The summed E-state index contributed by atoms with van der Waals surface area (Å²) in [5.74, 6) is -0.213. The van der Waals surface area contributed by atoms with Crippen molar-refractivity contribution in [3.8, 4) is 0 Å². The Morgan fingerprint density at radius 3 is 2.78 bits per heavy atom. The van der Waals surface area contributed by atoms with Crippen molar-refractivity contribution < 1.29 is 14.3 Å². The molecule has 18 heavy (non-hydrogen) atoms. The van der Waals surface area contributed by atoms with E-state index in [1.165, 1.54) is 19.3 Å². The molecule has 3 unspecified atom stereocenters. The van der Waals surface area contributed by atoms with Crippen LogP contribution < -0.4 is 5.73 Å². The molecule has 4 heteroatoms. The predicted molar refractivity (Wildman–Crippen MR) is 71.2 cm³/mol. The number of nitrogens with two attached hydrogens (primary N) is 1. The van der Waals surface area contributed by atoms with Crippen molar-refractivity contribution >= 4 is 5.97 Å². The van der Waals surface area contributed by atoms with E-state index >= 15 is 0 Å². The number of hydrogen-bond acceptors (Lipinski definition) is 4. The molecule has 0 spiro atoms. The Morgan fingerprint density at radius 1 is 1.50 bits per heavy atom. The van der Waals surface area contributed by atoms with Crippen LogP contribution in [0.5, 0.6) is 0 Å². The third kappa shape index (κ3) is 3.95. The van der Waals surface area contributed by atoms with Crippen LogP contribution >= 0.6 is 0 Å². The largest absolute Gasteiger partial charge is 0.462 e. The first-order valence-corrected chi connectivity index (χ1v) is 7.05. The van der Waals surface area contributed by atoms with Crippen LogP contribution in [-0.2, 0) is 14.3 Å². The zero-order valence-electron chi connectivity index (χ0n) is 11.9. The fourth-order valence-electron chi connectivity index (χ4n) is 2.13. The average Bonchev–Trinajstić information content (AvgIpc) is 2.67. The van der Waals surface area contributed by atoms with Crippen LogP contribution in [0.2, 0.25) is 0 Å². The van der Waals surface area contributed by atoms with Crippen molar-refractivity contribution in [2.24, 2.45) is 11.1 Å². The molecule has 0 radical (unpaired) electrons. The summed E-state index contributed by atoms with van der Waals surface area (Å²) in [4.78, 5) is 12.1. The lowest BCUT2D eigenvalue weighted by molar-refractivity contribution is -0.160. The summed E-state index contributed by atoms with van der Waals surface area (Å²) in [5.41, 5.74) is 5.23. The number of rotatable bonds is 7. The van der Waals surface area contributed by atoms with Gasteiger partial charge in [-0.05, 0) is 26.7 Å². The quantitative estimate of drug-likeness (QED) is 0.561. The van der Waals surface area contributed by atoms with Gasteiger partial charge >= 0.3 is 5.97 Å².